The molecule has 1 amide bonds. The fraction of sp³-hybridized carbons (Fsp3) is 0.0500. The second-order valence-corrected chi connectivity index (χ2v) is 6.23. The zero-order valence-corrected chi connectivity index (χ0v) is 13.9. The van der Waals surface area contributed by atoms with Crippen LogP contribution in [0, 0.1) is 5.82 Å². The Morgan fingerprint density at radius 1 is 0.920 bits per heavy atom. The highest BCUT2D eigenvalue weighted by Crippen LogP contribution is 2.36. The van der Waals surface area contributed by atoms with Crippen LogP contribution in [0.2, 0.25) is 5.02 Å². The van der Waals surface area contributed by atoms with Gasteiger partial charge in [0.25, 0.3) is 5.91 Å². The number of para-hydroxylation sites is 1. The fourth-order valence-electron chi connectivity index (χ4n) is 3.00. The van der Waals surface area contributed by atoms with Crippen LogP contribution in [-0.4, -0.2) is 5.91 Å². The number of anilines is 2. The van der Waals surface area contributed by atoms with Crippen molar-refractivity contribution in [2.24, 2.45) is 0 Å². The molecule has 0 aliphatic carbocycles. The number of rotatable bonds is 2. The zero-order valence-electron chi connectivity index (χ0n) is 13.1. The molecule has 0 spiro atoms. The summed E-state index contributed by atoms with van der Waals surface area (Å²) >= 11 is 5.98. The number of carbonyl (C=O) groups excluding carboxylic acids is 1. The number of fused-ring (bicyclic) bond motifs is 1. The molecule has 124 valence electrons. The van der Waals surface area contributed by atoms with Gasteiger partial charge in [-0.05, 0) is 54.1 Å². The molecular formula is C20H14ClFN2O. The van der Waals surface area contributed by atoms with Crippen LogP contribution in [0.5, 0.6) is 0 Å². The summed E-state index contributed by atoms with van der Waals surface area (Å²) in [4.78, 5) is 14.8. The fourth-order valence-corrected chi connectivity index (χ4v) is 3.13. The predicted molar refractivity (Wildman–Crippen MR) is 97.5 cm³/mol. The van der Waals surface area contributed by atoms with Gasteiger partial charge in [-0.3, -0.25) is 9.69 Å². The molecule has 3 aromatic rings. The van der Waals surface area contributed by atoms with Crippen molar-refractivity contribution in [3.63, 3.8) is 0 Å². The summed E-state index contributed by atoms with van der Waals surface area (Å²) < 4.78 is 13.3. The van der Waals surface area contributed by atoms with E-state index in [1.54, 1.807) is 47.4 Å². The molecule has 1 N–H and O–H groups in total. The van der Waals surface area contributed by atoms with E-state index >= 15 is 0 Å². The first-order valence-corrected chi connectivity index (χ1v) is 8.21. The molecule has 25 heavy (non-hydrogen) atoms. The molecule has 1 aliphatic heterocycles. The normalized spacial score (nSPS) is 16.3. The van der Waals surface area contributed by atoms with Gasteiger partial charge in [0, 0.05) is 16.4 Å². The lowest BCUT2D eigenvalue weighted by atomic mass is 10.0. The van der Waals surface area contributed by atoms with Crippen molar-refractivity contribution in [1.82, 2.24) is 0 Å². The van der Waals surface area contributed by atoms with Crippen LogP contribution in [-0.2, 0) is 0 Å². The van der Waals surface area contributed by atoms with Gasteiger partial charge >= 0.3 is 0 Å². The number of hydrogen-bond acceptors (Lipinski definition) is 2. The maximum atomic E-state index is 13.3. The van der Waals surface area contributed by atoms with Gasteiger partial charge < -0.3 is 5.32 Å². The van der Waals surface area contributed by atoms with Gasteiger partial charge in [0.2, 0.25) is 0 Å². The smallest absolute Gasteiger partial charge is 0.262 e. The summed E-state index contributed by atoms with van der Waals surface area (Å²) in [5.41, 5.74) is 2.85. The van der Waals surface area contributed by atoms with Gasteiger partial charge in [-0.1, -0.05) is 35.9 Å². The molecule has 1 unspecified atom stereocenters. The summed E-state index contributed by atoms with van der Waals surface area (Å²) in [5, 5.41) is 3.97. The van der Waals surface area contributed by atoms with Gasteiger partial charge in [-0.15, -0.1) is 0 Å². The van der Waals surface area contributed by atoms with Gasteiger partial charge in [-0.25, -0.2) is 4.39 Å². The first kappa shape index (κ1) is 15.7. The minimum absolute atomic E-state index is 0.119. The minimum Gasteiger partial charge on any atom is -0.360 e. The van der Waals surface area contributed by atoms with Crippen LogP contribution in [0.1, 0.15) is 22.1 Å². The SMILES string of the molecule is O=C1c2ccccc2NC(c2ccc(F)cc2)N1c1ccc(Cl)cc1. The van der Waals surface area contributed by atoms with Crippen LogP contribution in [0.25, 0.3) is 0 Å². The van der Waals surface area contributed by atoms with E-state index in [4.69, 9.17) is 11.6 Å². The predicted octanol–water partition coefficient (Wildman–Crippen LogP) is 5.25. The summed E-state index contributed by atoms with van der Waals surface area (Å²) in [7, 11) is 0. The number of benzene rings is 3. The number of nitrogens with zero attached hydrogens (tertiary/aromatic N) is 1. The van der Waals surface area contributed by atoms with Crippen molar-refractivity contribution in [3.8, 4) is 0 Å². The van der Waals surface area contributed by atoms with E-state index in [9.17, 15) is 9.18 Å². The van der Waals surface area contributed by atoms with Crippen molar-refractivity contribution < 1.29 is 9.18 Å². The molecule has 0 fully saturated rings. The molecule has 1 aliphatic rings. The third-order valence-electron chi connectivity index (χ3n) is 4.22. The molecule has 0 radical (unpaired) electrons. The summed E-state index contributed by atoms with van der Waals surface area (Å²) in [6, 6.07) is 20.6. The Labute approximate surface area is 149 Å². The lowest BCUT2D eigenvalue weighted by Crippen LogP contribution is -2.43. The van der Waals surface area contributed by atoms with Crippen LogP contribution in [0.3, 0.4) is 0 Å². The minimum atomic E-state index is -0.441. The largest absolute Gasteiger partial charge is 0.360 e. The number of carbonyl (C=O) groups is 1. The highest BCUT2D eigenvalue weighted by molar-refractivity contribution is 6.30. The lowest BCUT2D eigenvalue weighted by Gasteiger charge is -2.38. The highest BCUT2D eigenvalue weighted by atomic mass is 35.5. The van der Waals surface area contributed by atoms with Crippen LogP contribution in [0.4, 0.5) is 15.8 Å². The lowest BCUT2D eigenvalue weighted by molar-refractivity contribution is 0.0975. The van der Waals surface area contributed by atoms with E-state index < -0.39 is 6.17 Å². The van der Waals surface area contributed by atoms with Crippen molar-refractivity contribution >= 4 is 28.9 Å². The molecular weight excluding hydrogens is 339 g/mol. The van der Waals surface area contributed by atoms with Gasteiger partial charge in [0.15, 0.2) is 0 Å². The monoisotopic (exact) mass is 352 g/mol. The van der Waals surface area contributed by atoms with E-state index in [1.807, 2.05) is 18.2 Å². The Bertz CT molecular complexity index is 925. The molecule has 0 bridgehead atoms. The standard InChI is InChI=1S/C20H14ClFN2O/c21-14-7-11-16(12-8-14)24-19(13-5-9-15(22)10-6-13)23-18-4-2-1-3-17(18)20(24)25/h1-12,19,23H. The molecule has 0 aromatic heterocycles. The zero-order chi connectivity index (χ0) is 17.4. The van der Waals surface area contributed by atoms with E-state index in [0.29, 0.717) is 16.3 Å². The Balaban J connectivity index is 1.85. The van der Waals surface area contributed by atoms with Gasteiger partial charge in [0.05, 0.1) is 5.56 Å². The molecule has 0 saturated carbocycles. The second-order valence-electron chi connectivity index (χ2n) is 5.80. The first-order valence-electron chi connectivity index (χ1n) is 7.83. The van der Waals surface area contributed by atoms with Crippen molar-refractivity contribution in [3.05, 3.63) is 94.8 Å². The molecule has 1 heterocycles. The maximum absolute atomic E-state index is 13.3. The molecule has 1 atom stereocenters. The van der Waals surface area contributed by atoms with Crippen LogP contribution >= 0.6 is 11.6 Å². The second kappa shape index (κ2) is 6.22. The quantitative estimate of drug-likeness (QED) is 0.683. The Morgan fingerprint density at radius 3 is 2.32 bits per heavy atom. The van der Waals surface area contributed by atoms with Crippen LogP contribution in [0.15, 0.2) is 72.8 Å². The molecule has 5 heteroatoms. The number of halogens is 2. The van der Waals surface area contributed by atoms with Crippen LogP contribution < -0.4 is 10.2 Å². The Hall–Kier alpha value is -2.85. The van der Waals surface area contributed by atoms with Gasteiger partial charge in [0.1, 0.15) is 12.0 Å². The Kier molecular flexibility index (Phi) is 3.90. The summed E-state index contributed by atoms with van der Waals surface area (Å²) in [6.45, 7) is 0. The van der Waals surface area contributed by atoms with E-state index in [0.717, 1.165) is 11.3 Å². The highest BCUT2D eigenvalue weighted by Gasteiger charge is 2.33. The molecule has 0 saturated heterocycles. The van der Waals surface area contributed by atoms with Crippen molar-refractivity contribution in [2.75, 3.05) is 10.2 Å². The molecule has 4 rings (SSSR count). The van der Waals surface area contributed by atoms with Crippen molar-refractivity contribution in [1.29, 1.82) is 0 Å². The topological polar surface area (TPSA) is 32.3 Å². The molecule has 3 aromatic carbocycles. The van der Waals surface area contributed by atoms with E-state index in [1.165, 1.54) is 12.1 Å². The third-order valence-corrected chi connectivity index (χ3v) is 4.47. The first-order chi connectivity index (χ1) is 12.1. The number of amides is 1. The van der Waals surface area contributed by atoms with Crippen molar-refractivity contribution in [2.45, 2.75) is 6.17 Å². The average molecular weight is 353 g/mol. The summed E-state index contributed by atoms with van der Waals surface area (Å²) in [6.07, 6.45) is -0.441. The maximum Gasteiger partial charge on any atom is 0.262 e. The average Bonchev–Trinajstić information content (AvgIpc) is 2.63. The van der Waals surface area contributed by atoms with E-state index in [2.05, 4.69) is 5.32 Å². The Morgan fingerprint density at radius 2 is 1.60 bits per heavy atom. The number of nitrogens with one attached hydrogen (secondary N) is 1. The van der Waals surface area contributed by atoms with E-state index in [-0.39, 0.29) is 11.7 Å². The number of hydrogen-bond donors (Lipinski definition) is 1. The third kappa shape index (κ3) is 2.85. The van der Waals surface area contributed by atoms with Gasteiger partial charge in [-0.2, -0.15) is 0 Å². The summed E-state index contributed by atoms with van der Waals surface area (Å²) in [5.74, 6) is -0.435. The molecule has 3 nitrogen and oxygen atoms in total.